The van der Waals surface area contributed by atoms with E-state index in [4.69, 9.17) is 0 Å². The highest BCUT2D eigenvalue weighted by Crippen LogP contribution is 2.23. The van der Waals surface area contributed by atoms with Crippen molar-refractivity contribution in [2.24, 2.45) is 11.8 Å². The van der Waals surface area contributed by atoms with Crippen molar-refractivity contribution in [3.63, 3.8) is 0 Å². The van der Waals surface area contributed by atoms with E-state index < -0.39 is 0 Å². The Morgan fingerprint density at radius 1 is 1.14 bits per heavy atom. The number of carbonyl (C=O) groups is 1. The molecule has 1 saturated heterocycles. The number of amides is 1. The van der Waals surface area contributed by atoms with Crippen LogP contribution < -0.4 is 5.32 Å². The van der Waals surface area contributed by atoms with Crippen LogP contribution in [0.1, 0.15) is 37.0 Å². The lowest BCUT2D eigenvalue weighted by Crippen LogP contribution is -2.42. The summed E-state index contributed by atoms with van der Waals surface area (Å²) in [6.07, 6.45) is 1.27. The first kappa shape index (κ1) is 16.0. The van der Waals surface area contributed by atoms with Crippen LogP contribution in [0.4, 0.5) is 5.69 Å². The largest absolute Gasteiger partial charge is 0.324 e. The number of nitrogens with zero attached hydrogens (tertiary/aromatic N) is 1. The summed E-state index contributed by atoms with van der Waals surface area (Å²) in [6.45, 7) is 13.3. The van der Waals surface area contributed by atoms with Crippen molar-refractivity contribution in [1.82, 2.24) is 4.90 Å². The zero-order chi connectivity index (χ0) is 15.6. The number of piperidine rings is 1. The van der Waals surface area contributed by atoms with Crippen LogP contribution in [0.15, 0.2) is 12.1 Å². The fraction of sp³-hybridized carbons (Fsp3) is 0.611. The Labute approximate surface area is 128 Å². The molecule has 3 nitrogen and oxygen atoms in total. The molecule has 1 heterocycles. The molecule has 1 aliphatic rings. The number of aryl methyl sites for hydroxylation is 3. The number of anilines is 1. The minimum atomic E-state index is 0.103. The Morgan fingerprint density at radius 3 is 2.19 bits per heavy atom. The van der Waals surface area contributed by atoms with Crippen molar-refractivity contribution < 1.29 is 4.79 Å². The maximum atomic E-state index is 12.3. The molecule has 0 unspecified atom stereocenters. The predicted molar refractivity (Wildman–Crippen MR) is 88.7 cm³/mol. The molecular weight excluding hydrogens is 260 g/mol. The molecule has 1 amide bonds. The summed E-state index contributed by atoms with van der Waals surface area (Å²) in [4.78, 5) is 14.6. The maximum Gasteiger partial charge on any atom is 0.238 e. The molecule has 0 aromatic heterocycles. The van der Waals surface area contributed by atoms with Crippen LogP contribution in [0.3, 0.4) is 0 Å². The SMILES string of the molecule is Cc1cc(C)c(NC(=O)CN2C[C@@H](C)C[C@H](C)C2)c(C)c1. The van der Waals surface area contributed by atoms with Gasteiger partial charge >= 0.3 is 0 Å². The molecule has 21 heavy (non-hydrogen) atoms. The summed E-state index contributed by atoms with van der Waals surface area (Å²) in [5.74, 6) is 1.47. The topological polar surface area (TPSA) is 32.3 Å². The number of hydrogen-bond donors (Lipinski definition) is 1. The zero-order valence-corrected chi connectivity index (χ0v) is 14.0. The van der Waals surface area contributed by atoms with E-state index in [9.17, 15) is 4.79 Å². The second-order valence-electron chi connectivity index (χ2n) is 6.96. The van der Waals surface area contributed by atoms with E-state index in [0.29, 0.717) is 18.4 Å². The highest BCUT2D eigenvalue weighted by atomic mass is 16.2. The highest BCUT2D eigenvalue weighted by Gasteiger charge is 2.23. The summed E-state index contributed by atoms with van der Waals surface area (Å²) in [6, 6.07) is 4.24. The molecule has 0 spiro atoms. The highest BCUT2D eigenvalue weighted by molar-refractivity contribution is 5.93. The Bertz CT molecular complexity index is 491. The first-order valence-electron chi connectivity index (χ1n) is 7.95. The summed E-state index contributed by atoms with van der Waals surface area (Å²) in [5, 5.41) is 3.10. The molecule has 3 heteroatoms. The van der Waals surface area contributed by atoms with E-state index in [1.54, 1.807) is 0 Å². The number of rotatable bonds is 3. The van der Waals surface area contributed by atoms with Gasteiger partial charge in [-0.2, -0.15) is 0 Å². The minimum absolute atomic E-state index is 0.103. The van der Waals surface area contributed by atoms with Gasteiger partial charge in [0, 0.05) is 18.8 Å². The number of carbonyl (C=O) groups excluding carboxylic acids is 1. The summed E-state index contributed by atoms with van der Waals surface area (Å²) >= 11 is 0. The van der Waals surface area contributed by atoms with E-state index >= 15 is 0 Å². The quantitative estimate of drug-likeness (QED) is 0.923. The Kier molecular flexibility index (Phi) is 5.04. The molecule has 0 bridgehead atoms. The van der Waals surface area contributed by atoms with E-state index in [-0.39, 0.29) is 5.91 Å². The van der Waals surface area contributed by atoms with Gasteiger partial charge in [0.1, 0.15) is 0 Å². The van der Waals surface area contributed by atoms with Crippen LogP contribution >= 0.6 is 0 Å². The van der Waals surface area contributed by atoms with Crippen molar-refractivity contribution >= 4 is 11.6 Å². The fourth-order valence-electron chi connectivity index (χ4n) is 3.68. The second kappa shape index (κ2) is 6.61. The van der Waals surface area contributed by atoms with Gasteiger partial charge in [-0.25, -0.2) is 0 Å². The van der Waals surface area contributed by atoms with Gasteiger partial charge in [-0.1, -0.05) is 31.5 Å². The minimum Gasteiger partial charge on any atom is -0.324 e. The van der Waals surface area contributed by atoms with Crippen LogP contribution in [-0.2, 0) is 4.79 Å². The van der Waals surface area contributed by atoms with Crippen LogP contribution in [0.25, 0.3) is 0 Å². The van der Waals surface area contributed by atoms with Crippen LogP contribution in [0.2, 0.25) is 0 Å². The van der Waals surface area contributed by atoms with Gasteiger partial charge < -0.3 is 5.32 Å². The first-order valence-corrected chi connectivity index (χ1v) is 7.95. The third-order valence-corrected chi connectivity index (χ3v) is 4.25. The Morgan fingerprint density at radius 2 is 1.67 bits per heavy atom. The molecule has 0 saturated carbocycles. The smallest absolute Gasteiger partial charge is 0.238 e. The fourth-order valence-corrected chi connectivity index (χ4v) is 3.68. The first-order chi connectivity index (χ1) is 9.85. The predicted octanol–water partition coefficient (Wildman–Crippen LogP) is 3.53. The van der Waals surface area contributed by atoms with Gasteiger partial charge in [-0.3, -0.25) is 9.69 Å². The van der Waals surface area contributed by atoms with Crippen LogP contribution in [0.5, 0.6) is 0 Å². The molecule has 1 aromatic carbocycles. The standard InChI is InChI=1S/C18H28N2O/c1-12-7-15(4)18(16(5)8-12)19-17(21)11-20-9-13(2)6-14(3)10-20/h7-8,13-14H,6,9-11H2,1-5H3,(H,19,21)/t13-,14-/m0/s1. The Hall–Kier alpha value is -1.35. The monoisotopic (exact) mass is 288 g/mol. The van der Waals surface area contributed by atoms with Crippen molar-refractivity contribution in [3.8, 4) is 0 Å². The molecule has 1 aliphatic heterocycles. The van der Waals surface area contributed by atoms with E-state index in [1.807, 2.05) is 0 Å². The number of likely N-dealkylation sites (tertiary alicyclic amines) is 1. The van der Waals surface area contributed by atoms with E-state index in [2.05, 4.69) is 57.0 Å². The van der Waals surface area contributed by atoms with Crippen LogP contribution in [0, 0.1) is 32.6 Å². The van der Waals surface area contributed by atoms with Crippen LogP contribution in [-0.4, -0.2) is 30.4 Å². The lowest BCUT2D eigenvalue weighted by atomic mass is 9.92. The maximum absolute atomic E-state index is 12.3. The van der Waals surface area contributed by atoms with Crippen molar-refractivity contribution in [2.45, 2.75) is 41.0 Å². The molecule has 116 valence electrons. The van der Waals surface area contributed by atoms with Gasteiger partial charge in [0.2, 0.25) is 5.91 Å². The number of hydrogen-bond acceptors (Lipinski definition) is 2. The van der Waals surface area contributed by atoms with Crippen molar-refractivity contribution in [3.05, 3.63) is 28.8 Å². The van der Waals surface area contributed by atoms with Crippen molar-refractivity contribution in [2.75, 3.05) is 25.0 Å². The normalized spacial score (nSPS) is 23.1. The third-order valence-electron chi connectivity index (χ3n) is 4.25. The second-order valence-corrected chi connectivity index (χ2v) is 6.96. The zero-order valence-electron chi connectivity index (χ0n) is 14.0. The van der Waals surface area contributed by atoms with Gasteiger partial charge in [0.15, 0.2) is 0 Å². The molecule has 2 atom stereocenters. The molecule has 0 radical (unpaired) electrons. The van der Waals surface area contributed by atoms with E-state index in [0.717, 1.165) is 29.9 Å². The molecule has 2 rings (SSSR count). The lowest BCUT2D eigenvalue weighted by Gasteiger charge is -2.34. The third kappa shape index (κ3) is 4.31. The number of nitrogens with one attached hydrogen (secondary N) is 1. The summed E-state index contributed by atoms with van der Waals surface area (Å²) in [5.41, 5.74) is 4.49. The average Bonchev–Trinajstić information content (AvgIpc) is 2.32. The molecule has 0 aliphatic carbocycles. The summed E-state index contributed by atoms with van der Waals surface area (Å²) in [7, 11) is 0. The van der Waals surface area contributed by atoms with Gasteiger partial charge in [0.05, 0.1) is 6.54 Å². The van der Waals surface area contributed by atoms with Gasteiger partial charge in [0.25, 0.3) is 0 Å². The Balaban J connectivity index is 1.99. The van der Waals surface area contributed by atoms with E-state index in [1.165, 1.54) is 12.0 Å². The van der Waals surface area contributed by atoms with Gasteiger partial charge in [-0.15, -0.1) is 0 Å². The summed E-state index contributed by atoms with van der Waals surface area (Å²) < 4.78 is 0. The lowest BCUT2D eigenvalue weighted by molar-refractivity contribution is -0.117. The number of benzene rings is 1. The molecular formula is C18H28N2O. The van der Waals surface area contributed by atoms with Crippen molar-refractivity contribution in [1.29, 1.82) is 0 Å². The van der Waals surface area contributed by atoms with Gasteiger partial charge in [-0.05, 0) is 50.2 Å². The molecule has 1 aromatic rings. The molecule has 1 fully saturated rings. The molecule has 1 N–H and O–H groups in total. The average molecular weight is 288 g/mol.